The van der Waals surface area contributed by atoms with Crippen LogP contribution in [0.3, 0.4) is 0 Å². The van der Waals surface area contributed by atoms with Crippen LogP contribution in [0.2, 0.25) is 0 Å². The Bertz CT molecular complexity index is 666. The van der Waals surface area contributed by atoms with E-state index in [1.54, 1.807) is 11.9 Å². The Morgan fingerprint density at radius 3 is 2.39 bits per heavy atom. The lowest BCUT2D eigenvalue weighted by Crippen LogP contribution is -2.45. The van der Waals surface area contributed by atoms with E-state index in [1.807, 2.05) is 35.2 Å². The van der Waals surface area contributed by atoms with Crippen LogP contribution in [0.15, 0.2) is 41.6 Å². The molecule has 0 unspecified atom stereocenters. The molecule has 0 spiro atoms. The van der Waals surface area contributed by atoms with Crippen molar-refractivity contribution in [2.24, 2.45) is 5.92 Å². The summed E-state index contributed by atoms with van der Waals surface area (Å²) >= 11 is 0. The summed E-state index contributed by atoms with van der Waals surface area (Å²) in [5, 5.41) is 2.95. The van der Waals surface area contributed by atoms with Crippen LogP contribution in [0.1, 0.15) is 32.4 Å². The second kappa shape index (κ2) is 5.72. The fraction of sp³-hybridized carbons (Fsp3) is 0.444. The van der Waals surface area contributed by atoms with Gasteiger partial charge in [0, 0.05) is 13.1 Å². The number of urea groups is 1. The van der Waals surface area contributed by atoms with Gasteiger partial charge >= 0.3 is 6.03 Å². The third kappa shape index (κ3) is 2.50. The number of rotatable bonds is 3. The van der Waals surface area contributed by atoms with Gasteiger partial charge in [0.1, 0.15) is 0 Å². The van der Waals surface area contributed by atoms with Crippen molar-refractivity contribution >= 4 is 11.9 Å². The van der Waals surface area contributed by atoms with E-state index in [-0.39, 0.29) is 24.0 Å². The topological polar surface area (TPSA) is 52.7 Å². The van der Waals surface area contributed by atoms with Gasteiger partial charge < -0.3 is 10.2 Å². The van der Waals surface area contributed by atoms with Crippen LogP contribution in [0.5, 0.6) is 0 Å². The number of carbonyl (C=O) groups is 2. The maximum Gasteiger partial charge on any atom is 0.322 e. The third-order valence-electron chi connectivity index (χ3n) is 4.98. The summed E-state index contributed by atoms with van der Waals surface area (Å²) in [6, 6.07) is 9.27. The van der Waals surface area contributed by atoms with Gasteiger partial charge in [0.05, 0.1) is 23.9 Å². The maximum atomic E-state index is 13.0. The maximum absolute atomic E-state index is 13.0. The van der Waals surface area contributed by atoms with Crippen molar-refractivity contribution in [3.8, 4) is 0 Å². The lowest BCUT2D eigenvalue weighted by Gasteiger charge is -2.31. The monoisotopic (exact) mass is 313 g/mol. The quantitative estimate of drug-likeness (QED) is 0.932. The molecule has 1 aromatic carbocycles. The average molecular weight is 313 g/mol. The molecule has 23 heavy (non-hydrogen) atoms. The summed E-state index contributed by atoms with van der Waals surface area (Å²) in [7, 11) is 1.72. The molecule has 3 rings (SSSR count). The van der Waals surface area contributed by atoms with Crippen LogP contribution < -0.4 is 5.32 Å². The summed E-state index contributed by atoms with van der Waals surface area (Å²) in [4.78, 5) is 28.7. The van der Waals surface area contributed by atoms with E-state index in [0.717, 1.165) is 11.3 Å². The molecule has 3 amide bonds. The van der Waals surface area contributed by atoms with E-state index in [4.69, 9.17) is 0 Å². The first-order valence-electron chi connectivity index (χ1n) is 8.05. The number of hydrogen-bond acceptors (Lipinski definition) is 2. The molecule has 2 atom stereocenters. The molecule has 0 saturated heterocycles. The summed E-state index contributed by atoms with van der Waals surface area (Å²) in [5.74, 6) is 0.395. The van der Waals surface area contributed by atoms with Crippen molar-refractivity contribution in [2.75, 3.05) is 13.6 Å². The number of amides is 3. The molecule has 122 valence electrons. The Hall–Kier alpha value is -2.30. The second-order valence-electron chi connectivity index (χ2n) is 6.63. The van der Waals surface area contributed by atoms with E-state index in [0.29, 0.717) is 18.0 Å². The molecule has 0 fully saturated rings. The van der Waals surface area contributed by atoms with E-state index in [1.165, 1.54) is 0 Å². The predicted octanol–water partition coefficient (Wildman–Crippen LogP) is 2.52. The van der Waals surface area contributed by atoms with Gasteiger partial charge in [-0.2, -0.15) is 0 Å². The van der Waals surface area contributed by atoms with Gasteiger partial charge in [-0.1, -0.05) is 44.2 Å². The van der Waals surface area contributed by atoms with Crippen LogP contribution in [-0.2, 0) is 4.79 Å². The largest absolute Gasteiger partial charge is 0.330 e. The molecule has 0 aromatic heterocycles. The first kappa shape index (κ1) is 15.6. The molecule has 1 aromatic rings. The molecule has 5 heteroatoms. The van der Waals surface area contributed by atoms with E-state index in [9.17, 15) is 9.59 Å². The average Bonchev–Trinajstić information content (AvgIpc) is 2.89. The summed E-state index contributed by atoms with van der Waals surface area (Å²) in [5.41, 5.74) is 2.46. The zero-order valence-corrected chi connectivity index (χ0v) is 14.0. The minimum Gasteiger partial charge on any atom is -0.330 e. The standard InChI is InChI=1S/C18H23N3O2/c1-11(2)12(3)21-10-14-15(17(21)22)16(19-18(23)20(14)4)13-8-6-5-7-9-13/h5-9,11-12,16H,10H2,1-4H3,(H,19,23)/t12-,16-/m0/s1. The lowest BCUT2D eigenvalue weighted by molar-refractivity contribution is -0.128. The fourth-order valence-corrected chi connectivity index (χ4v) is 3.17. The Balaban J connectivity index is 2.02. The first-order chi connectivity index (χ1) is 10.9. The molecule has 2 heterocycles. The van der Waals surface area contributed by atoms with Gasteiger partial charge in [-0.3, -0.25) is 9.69 Å². The molecule has 5 nitrogen and oxygen atoms in total. The summed E-state index contributed by atoms with van der Waals surface area (Å²) in [6.07, 6.45) is 0. The molecule has 0 aliphatic carbocycles. The molecule has 2 aliphatic heterocycles. The van der Waals surface area contributed by atoms with Gasteiger partial charge in [0.15, 0.2) is 0 Å². The van der Waals surface area contributed by atoms with Crippen LogP contribution in [0.25, 0.3) is 0 Å². The highest BCUT2D eigenvalue weighted by Gasteiger charge is 2.44. The van der Waals surface area contributed by atoms with Gasteiger partial charge in [-0.15, -0.1) is 0 Å². The Morgan fingerprint density at radius 2 is 1.78 bits per heavy atom. The van der Waals surface area contributed by atoms with Gasteiger partial charge in [-0.05, 0) is 18.4 Å². The van der Waals surface area contributed by atoms with Gasteiger partial charge in [0.2, 0.25) is 0 Å². The second-order valence-corrected chi connectivity index (χ2v) is 6.63. The van der Waals surface area contributed by atoms with Crippen molar-refractivity contribution in [2.45, 2.75) is 32.9 Å². The molecular weight excluding hydrogens is 290 g/mol. The molecular formula is C18H23N3O2. The Labute approximate surface area is 137 Å². The van der Waals surface area contributed by atoms with Crippen molar-refractivity contribution in [1.29, 1.82) is 0 Å². The minimum atomic E-state index is -0.369. The molecule has 2 aliphatic rings. The van der Waals surface area contributed by atoms with Crippen molar-refractivity contribution in [3.63, 3.8) is 0 Å². The lowest BCUT2D eigenvalue weighted by atomic mass is 9.95. The Kier molecular flexibility index (Phi) is 3.88. The highest BCUT2D eigenvalue weighted by molar-refractivity contribution is 6.01. The number of likely N-dealkylation sites (N-methyl/N-ethyl adjacent to an activating group) is 1. The van der Waals surface area contributed by atoms with Crippen molar-refractivity contribution < 1.29 is 9.59 Å². The van der Waals surface area contributed by atoms with Crippen LogP contribution >= 0.6 is 0 Å². The molecule has 0 bridgehead atoms. The van der Waals surface area contributed by atoms with E-state index in [2.05, 4.69) is 26.1 Å². The zero-order chi connectivity index (χ0) is 16.7. The number of hydrogen-bond donors (Lipinski definition) is 1. The van der Waals surface area contributed by atoms with Crippen LogP contribution in [0.4, 0.5) is 4.79 Å². The number of nitrogens with one attached hydrogen (secondary N) is 1. The van der Waals surface area contributed by atoms with Crippen molar-refractivity contribution in [3.05, 3.63) is 47.2 Å². The normalized spacial score (nSPS) is 22.6. The SMILES string of the molecule is CC(C)[C@H](C)N1CC2=C(C1=O)[C@H](c1ccccc1)NC(=O)N2C. The van der Waals surface area contributed by atoms with E-state index >= 15 is 0 Å². The molecule has 1 N–H and O–H groups in total. The number of benzene rings is 1. The number of carbonyl (C=O) groups excluding carboxylic acids is 2. The summed E-state index contributed by atoms with van der Waals surface area (Å²) in [6.45, 7) is 6.78. The third-order valence-corrected chi connectivity index (χ3v) is 4.98. The first-order valence-corrected chi connectivity index (χ1v) is 8.05. The van der Waals surface area contributed by atoms with Crippen molar-refractivity contribution in [1.82, 2.24) is 15.1 Å². The highest BCUT2D eigenvalue weighted by Crippen LogP contribution is 2.36. The minimum absolute atomic E-state index is 0.0295. The Morgan fingerprint density at radius 1 is 1.13 bits per heavy atom. The highest BCUT2D eigenvalue weighted by atomic mass is 16.2. The van der Waals surface area contributed by atoms with E-state index < -0.39 is 0 Å². The van der Waals surface area contributed by atoms with Gasteiger partial charge in [-0.25, -0.2) is 4.79 Å². The van der Waals surface area contributed by atoms with Gasteiger partial charge in [0.25, 0.3) is 5.91 Å². The summed E-state index contributed by atoms with van der Waals surface area (Å²) < 4.78 is 0. The predicted molar refractivity (Wildman–Crippen MR) is 88.5 cm³/mol. The zero-order valence-electron chi connectivity index (χ0n) is 14.0. The van der Waals surface area contributed by atoms with Crippen LogP contribution in [-0.4, -0.2) is 41.4 Å². The number of nitrogens with zero attached hydrogens (tertiary/aromatic N) is 2. The van der Waals surface area contributed by atoms with Crippen LogP contribution in [0, 0.1) is 5.92 Å². The smallest absolute Gasteiger partial charge is 0.322 e. The molecule has 0 saturated carbocycles. The molecule has 0 radical (unpaired) electrons. The fourth-order valence-electron chi connectivity index (χ4n) is 3.17.